The van der Waals surface area contributed by atoms with Gasteiger partial charge >= 0.3 is 0 Å². The summed E-state index contributed by atoms with van der Waals surface area (Å²) >= 11 is 0. The third kappa shape index (κ3) is 1.89. The fourth-order valence-electron chi connectivity index (χ4n) is 1.57. The van der Waals surface area contributed by atoms with E-state index in [9.17, 15) is 0 Å². The van der Waals surface area contributed by atoms with Crippen LogP contribution in [0, 0.1) is 0 Å². The van der Waals surface area contributed by atoms with E-state index in [0.29, 0.717) is 6.04 Å². The minimum Gasteiger partial charge on any atom is -0.497 e. The van der Waals surface area contributed by atoms with Crippen LogP contribution in [0.5, 0.6) is 5.75 Å². The molecule has 0 amide bonds. The first-order valence-electron chi connectivity index (χ1n) is 4.81. The molecule has 1 fully saturated rings. The lowest BCUT2D eigenvalue weighted by Crippen LogP contribution is -2.22. The van der Waals surface area contributed by atoms with E-state index >= 15 is 0 Å². The van der Waals surface area contributed by atoms with Gasteiger partial charge in [-0.2, -0.15) is 0 Å². The molecule has 14 heavy (non-hydrogen) atoms. The van der Waals surface area contributed by atoms with E-state index in [1.807, 2.05) is 24.3 Å². The van der Waals surface area contributed by atoms with Crippen LogP contribution in [-0.2, 0) is 4.74 Å². The highest BCUT2D eigenvalue weighted by molar-refractivity contribution is 5.28. The lowest BCUT2D eigenvalue weighted by atomic mass is 10.2. The Labute approximate surface area is 84.0 Å². The van der Waals surface area contributed by atoms with Crippen molar-refractivity contribution in [3.8, 4) is 5.75 Å². The highest BCUT2D eigenvalue weighted by Crippen LogP contribution is 2.22. The van der Waals surface area contributed by atoms with Crippen molar-refractivity contribution in [2.75, 3.05) is 13.7 Å². The molecule has 76 valence electrons. The fourth-order valence-corrected chi connectivity index (χ4v) is 1.57. The van der Waals surface area contributed by atoms with Gasteiger partial charge in [0.05, 0.1) is 13.7 Å². The number of benzene rings is 1. The normalized spacial score (nSPS) is 26.4. The molecular formula is C11H15NO2. The molecule has 3 nitrogen and oxygen atoms in total. The molecule has 1 saturated heterocycles. The van der Waals surface area contributed by atoms with Gasteiger partial charge in [-0.25, -0.2) is 0 Å². The molecule has 2 rings (SSSR count). The summed E-state index contributed by atoms with van der Waals surface area (Å²) in [6.07, 6.45) is 0.0379. The van der Waals surface area contributed by atoms with Crippen molar-refractivity contribution in [3.05, 3.63) is 29.8 Å². The molecule has 0 aromatic heterocycles. The van der Waals surface area contributed by atoms with Gasteiger partial charge in [0.1, 0.15) is 12.0 Å². The molecule has 2 unspecified atom stereocenters. The van der Waals surface area contributed by atoms with Crippen molar-refractivity contribution < 1.29 is 9.47 Å². The van der Waals surface area contributed by atoms with Gasteiger partial charge in [0.2, 0.25) is 0 Å². The topological polar surface area (TPSA) is 30.5 Å². The maximum atomic E-state index is 5.57. The number of hydrogen-bond donors (Lipinski definition) is 1. The monoisotopic (exact) mass is 193 g/mol. The summed E-state index contributed by atoms with van der Waals surface area (Å²) in [7, 11) is 1.67. The Bertz CT molecular complexity index is 297. The molecule has 2 atom stereocenters. The summed E-state index contributed by atoms with van der Waals surface area (Å²) in [5, 5.41) is 3.34. The summed E-state index contributed by atoms with van der Waals surface area (Å²) < 4.78 is 10.7. The average Bonchev–Trinajstić information content (AvgIpc) is 2.65. The summed E-state index contributed by atoms with van der Waals surface area (Å²) in [5.41, 5.74) is 1.15. The standard InChI is InChI=1S/C11H15NO2/c1-8-7-14-11(12-8)9-3-5-10(13-2)6-4-9/h3-6,8,11-12H,7H2,1-2H3. The van der Waals surface area contributed by atoms with Crippen LogP contribution < -0.4 is 10.1 Å². The van der Waals surface area contributed by atoms with Crippen LogP contribution in [0.15, 0.2) is 24.3 Å². The van der Waals surface area contributed by atoms with E-state index in [4.69, 9.17) is 9.47 Å². The number of hydrogen-bond acceptors (Lipinski definition) is 3. The molecule has 1 aromatic rings. The lowest BCUT2D eigenvalue weighted by Gasteiger charge is -2.11. The predicted octanol–water partition coefficient (Wildman–Crippen LogP) is 1.70. The molecule has 3 heteroatoms. The van der Waals surface area contributed by atoms with E-state index < -0.39 is 0 Å². The van der Waals surface area contributed by atoms with Gasteiger partial charge in [0.15, 0.2) is 0 Å². The first kappa shape index (κ1) is 9.49. The van der Waals surface area contributed by atoms with E-state index in [-0.39, 0.29) is 6.23 Å². The Balaban J connectivity index is 2.09. The first-order valence-corrected chi connectivity index (χ1v) is 4.81. The van der Waals surface area contributed by atoms with Crippen LogP contribution in [0.3, 0.4) is 0 Å². The molecule has 0 bridgehead atoms. The predicted molar refractivity (Wildman–Crippen MR) is 54.3 cm³/mol. The van der Waals surface area contributed by atoms with Gasteiger partial charge < -0.3 is 9.47 Å². The molecule has 1 aliphatic rings. The lowest BCUT2D eigenvalue weighted by molar-refractivity contribution is 0.101. The minimum atomic E-state index is 0.0379. The maximum Gasteiger partial charge on any atom is 0.134 e. The molecule has 1 N–H and O–H groups in total. The van der Waals surface area contributed by atoms with E-state index in [1.165, 1.54) is 0 Å². The summed E-state index contributed by atoms with van der Waals surface area (Å²) in [6, 6.07) is 8.37. The molecule has 1 heterocycles. The molecule has 0 saturated carbocycles. The minimum absolute atomic E-state index is 0.0379. The maximum absolute atomic E-state index is 5.57. The van der Waals surface area contributed by atoms with Crippen molar-refractivity contribution >= 4 is 0 Å². The number of nitrogens with one attached hydrogen (secondary N) is 1. The average molecular weight is 193 g/mol. The number of methoxy groups -OCH3 is 1. The molecule has 0 aliphatic carbocycles. The zero-order chi connectivity index (χ0) is 9.97. The van der Waals surface area contributed by atoms with Crippen LogP contribution in [-0.4, -0.2) is 19.8 Å². The van der Waals surface area contributed by atoms with Crippen molar-refractivity contribution in [1.29, 1.82) is 0 Å². The Kier molecular flexibility index (Phi) is 2.70. The fraction of sp³-hybridized carbons (Fsp3) is 0.455. The second kappa shape index (κ2) is 3.98. The summed E-state index contributed by atoms with van der Waals surface area (Å²) in [5.74, 6) is 0.875. The van der Waals surface area contributed by atoms with E-state index in [1.54, 1.807) is 7.11 Å². The Hall–Kier alpha value is -1.06. The Morgan fingerprint density at radius 2 is 2.07 bits per heavy atom. The molecular weight excluding hydrogens is 178 g/mol. The third-order valence-corrected chi connectivity index (χ3v) is 2.37. The van der Waals surface area contributed by atoms with Gasteiger partial charge in [-0.1, -0.05) is 12.1 Å². The van der Waals surface area contributed by atoms with Crippen LogP contribution >= 0.6 is 0 Å². The quantitative estimate of drug-likeness (QED) is 0.775. The van der Waals surface area contributed by atoms with Crippen molar-refractivity contribution in [3.63, 3.8) is 0 Å². The van der Waals surface area contributed by atoms with Gasteiger partial charge in [-0.05, 0) is 24.6 Å². The molecule has 1 aliphatic heterocycles. The Morgan fingerprint density at radius 1 is 1.36 bits per heavy atom. The van der Waals surface area contributed by atoms with Gasteiger partial charge in [0.25, 0.3) is 0 Å². The third-order valence-electron chi connectivity index (χ3n) is 2.37. The van der Waals surface area contributed by atoms with Crippen LogP contribution in [0.1, 0.15) is 18.7 Å². The first-order chi connectivity index (χ1) is 6.79. The second-order valence-electron chi connectivity index (χ2n) is 3.55. The smallest absolute Gasteiger partial charge is 0.134 e. The van der Waals surface area contributed by atoms with Crippen LogP contribution in [0.25, 0.3) is 0 Å². The Morgan fingerprint density at radius 3 is 2.57 bits per heavy atom. The van der Waals surface area contributed by atoms with Gasteiger partial charge in [0, 0.05) is 6.04 Å². The SMILES string of the molecule is COc1ccc(C2NC(C)CO2)cc1. The van der Waals surface area contributed by atoms with E-state index in [0.717, 1.165) is 17.9 Å². The van der Waals surface area contributed by atoms with E-state index in [2.05, 4.69) is 12.2 Å². The van der Waals surface area contributed by atoms with Crippen LogP contribution in [0.2, 0.25) is 0 Å². The molecule has 1 aromatic carbocycles. The summed E-state index contributed by atoms with van der Waals surface area (Å²) in [6.45, 7) is 2.89. The highest BCUT2D eigenvalue weighted by Gasteiger charge is 2.21. The highest BCUT2D eigenvalue weighted by atomic mass is 16.5. The largest absolute Gasteiger partial charge is 0.497 e. The van der Waals surface area contributed by atoms with Gasteiger partial charge in [-0.15, -0.1) is 0 Å². The summed E-state index contributed by atoms with van der Waals surface area (Å²) in [4.78, 5) is 0. The van der Waals surface area contributed by atoms with Crippen molar-refractivity contribution in [2.45, 2.75) is 19.2 Å². The van der Waals surface area contributed by atoms with Crippen LogP contribution in [0.4, 0.5) is 0 Å². The number of rotatable bonds is 2. The van der Waals surface area contributed by atoms with Crippen molar-refractivity contribution in [2.24, 2.45) is 0 Å². The zero-order valence-electron chi connectivity index (χ0n) is 8.49. The molecule has 0 radical (unpaired) electrons. The number of ether oxygens (including phenoxy) is 2. The van der Waals surface area contributed by atoms with Gasteiger partial charge in [-0.3, -0.25) is 5.32 Å². The van der Waals surface area contributed by atoms with Crippen molar-refractivity contribution in [1.82, 2.24) is 5.32 Å². The second-order valence-corrected chi connectivity index (χ2v) is 3.55. The zero-order valence-corrected chi connectivity index (χ0v) is 8.49. The molecule has 0 spiro atoms.